The Balaban J connectivity index is 2.34. The minimum absolute atomic E-state index is 0.158. The van der Waals surface area contributed by atoms with Crippen LogP contribution in [0.15, 0.2) is 35.7 Å². The fourth-order valence-corrected chi connectivity index (χ4v) is 1.75. The summed E-state index contributed by atoms with van der Waals surface area (Å²) in [6.45, 7) is 3.70. The maximum absolute atomic E-state index is 13.8. The van der Waals surface area contributed by atoms with Gasteiger partial charge >= 0.3 is 5.97 Å². The molecule has 3 heteroatoms. The van der Waals surface area contributed by atoms with E-state index >= 15 is 0 Å². The summed E-state index contributed by atoms with van der Waals surface area (Å²) in [6.07, 6.45) is -0.476. The predicted octanol–water partition coefficient (Wildman–Crippen LogP) is 3.23. The van der Waals surface area contributed by atoms with Crippen LogP contribution < -0.4 is 0 Å². The number of halogens is 1. The number of hydrogen-bond donors (Lipinski definition) is 0. The molecule has 84 valence electrons. The van der Waals surface area contributed by atoms with Gasteiger partial charge in [0.2, 0.25) is 0 Å². The van der Waals surface area contributed by atoms with Gasteiger partial charge in [-0.3, -0.25) is 0 Å². The monoisotopic (exact) mass is 220 g/mol. The molecule has 0 amide bonds. The molecule has 0 fully saturated rings. The van der Waals surface area contributed by atoms with Crippen molar-refractivity contribution in [2.75, 3.05) is 0 Å². The minimum Gasteiger partial charge on any atom is -0.447 e. The van der Waals surface area contributed by atoms with Gasteiger partial charge in [-0.05, 0) is 18.9 Å². The molecule has 0 bridgehead atoms. The number of cyclic esters (lactones) is 1. The molecule has 0 saturated heterocycles. The van der Waals surface area contributed by atoms with Crippen molar-refractivity contribution in [3.8, 4) is 0 Å². The number of rotatable bonds is 2. The second-order valence-electron chi connectivity index (χ2n) is 3.88. The lowest BCUT2D eigenvalue weighted by Gasteiger charge is -2.09. The number of carbonyl (C=O) groups excluding carboxylic acids is 1. The number of aryl methyl sites for hydroxylation is 1. The first-order chi connectivity index (χ1) is 7.63. The van der Waals surface area contributed by atoms with Gasteiger partial charge in [0.05, 0.1) is 5.57 Å². The summed E-state index contributed by atoms with van der Waals surface area (Å²) in [5, 5.41) is 0. The van der Waals surface area contributed by atoms with Crippen LogP contribution in [0.2, 0.25) is 0 Å². The molecule has 2 rings (SSSR count). The van der Waals surface area contributed by atoms with Gasteiger partial charge in [-0.25, -0.2) is 9.18 Å². The highest BCUT2D eigenvalue weighted by atomic mass is 19.1. The molecule has 1 aliphatic heterocycles. The molecular weight excluding hydrogens is 207 g/mol. The van der Waals surface area contributed by atoms with E-state index < -0.39 is 17.9 Å². The van der Waals surface area contributed by atoms with Crippen molar-refractivity contribution in [3.63, 3.8) is 0 Å². The first kappa shape index (κ1) is 10.9. The van der Waals surface area contributed by atoms with Gasteiger partial charge in [-0.1, -0.05) is 36.8 Å². The predicted molar refractivity (Wildman–Crippen MR) is 58.4 cm³/mol. The minimum atomic E-state index is -0.844. The van der Waals surface area contributed by atoms with Crippen molar-refractivity contribution >= 4 is 5.97 Å². The largest absolute Gasteiger partial charge is 0.447 e. The topological polar surface area (TPSA) is 26.3 Å². The van der Waals surface area contributed by atoms with Gasteiger partial charge < -0.3 is 4.74 Å². The van der Waals surface area contributed by atoms with Crippen molar-refractivity contribution in [2.45, 2.75) is 26.4 Å². The third-order valence-corrected chi connectivity index (χ3v) is 2.72. The molecule has 0 spiro atoms. The molecule has 1 atom stereocenters. The van der Waals surface area contributed by atoms with E-state index in [9.17, 15) is 9.18 Å². The maximum Gasteiger partial charge on any atom is 0.337 e. The van der Waals surface area contributed by atoms with Crippen LogP contribution in [-0.2, 0) is 9.53 Å². The van der Waals surface area contributed by atoms with Gasteiger partial charge in [-0.2, -0.15) is 0 Å². The van der Waals surface area contributed by atoms with Gasteiger partial charge in [0.25, 0.3) is 0 Å². The van der Waals surface area contributed by atoms with Crippen LogP contribution in [0.1, 0.15) is 30.6 Å². The zero-order valence-electron chi connectivity index (χ0n) is 9.29. The maximum atomic E-state index is 13.8. The SMILES string of the molecule is CCC1=C(F)C(c2ccc(C)cc2)OC1=O. The third kappa shape index (κ3) is 1.73. The Morgan fingerprint density at radius 3 is 2.44 bits per heavy atom. The first-order valence-electron chi connectivity index (χ1n) is 5.29. The molecule has 2 nitrogen and oxygen atoms in total. The summed E-state index contributed by atoms with van der Waals surface area (Å²) in [5.41, 5.74) is 1.93. The normalized spacial score (nSPS) is 20.2. The zero-order valence-corrected chi connectivity index (χ0v) is 9.29. The molecular formula is C13H13FO2. The number of esters is 1. The Labute approximate surface area is 93.7 Å². The fraction of sp³-hybridized carbons (Fsp3) is 0.308. The highest BCUT2D eigenvalue weighted by Crippen LogP contribution is 2.37. The van der Waals surface area contributed by atoms with E-state index in [1.165, 1.54) is 0 Å². The first-order valence-corrected chi connectivity index (χ1v) is 5.29. The van der Waals surface area contributed by atoms with Gasteiger partial charge in [0, 0.05) is 0 Å². The summed E-state index contributed by atoms with van der Waals surface area (Å²) in [4.78, 5) is 11.3. The van der Waals surface area contributed by atoms with E-state index in [0.717, 1.165) is 5.56 Å². The van der Waals surface area contributed by atoms with Crippen LogP contribution in [0.4, 0.5) is 4.39 Å². The van der Waals surface area contributed by atoms with Crippen molar-refractivity contribution in [3.05, 3.63) is 46.8 Å². The third-order valence-electron chi connectivity index (χ3n) is 2.72. The van der Waals surface area contributed by atoms with Crippen LogP contribution in [-0.4, -0.2) is 5.97 Å². The zero-order chi connectivity index (χ0) is 11.7. The Morgan fingerprint density at radius 2 is 1.94 bits per heavy atom. The summed E-state index contributed by atoms with van der Waals surface area (Å²) < 4.78 is 18.8. The lowest BCUT2D eigenvalue weighted by molar-refractivity contribution is -0.140. The number of carbonyl (C=O) groups is 1. The second kappa shape index (κ2) is 4.08. The van der Waals surface area contributed by atoms with E-state index in [4.69, 9.17) is 4.74 Å². The van der Waals surface area contributed by atoms with E-state index in [2.05, 4.69) is 0 Å². The van der Waals surface area contributed by atoms with Crippen LogP contribution in [0.5, 0.6) is 0 Å². The fourth-order valence-electron chi connectivity index (χ4n) is 1.75. The van der Waals surface area contributed by atoms with E-state index in [0.29, 0.717) is 12.0 Å². The average Bonchev–Trinajstić information content (AvgIpc) is 2.55. The average molecular weight is 220 g/mol. The molecule has 16 heavy (non-hydrogen) atoms. The molecule has 1 aliphatic rings. The molecule has 1 aromatic rings. The lowest BCUT2D eigenvalue weighted by atomic mass is 10.0. The second-order valence-corrected chi connectivity index (χ2v) is 3.88. The Hall–Kier alpha value is -1.64. The van der Waals surface area contributed by atoms with Crippen LogP contribution >= 0.6 is 0 Å². The van der Waals surface area contributed by atoms with Crippen LogP contribution in [0.3, 0.4) is 0 Å². The summed E-state index contributed by atoms with van der Waals surface area (Å²) >= 11 is 0. The van der Waals surface area contributed by atoms with E-state index in [1.807, 2.05) is 19.1 Å². The highest BCUT2D eigenvalue weighted by molar-refractivity contribution is 5.91. The van der Waals surface area contributed by atoms with Gasteiger partial charge in [-0.15, -0.1) is 0 Å². The summed E-state index contributed by atoms with van der Waals surface area (Å²) in [6, 6.07) is 7.32. The quantitative estimate of drug-likeness (QED) is 0.715. The highest BCUT2D eigenvalue weighted by Gasteiger charge is 2.34. The van der Waals surface area contributed by atoms with Crippen molar-refractivity contribution in [1.29, 1.82) is 0 Å². The number of hydrogen-bond acceptors (Lipinski definition) is 2. The van der Waals surface area contributed by atoms with Gasteiger partial charge in [0.15, 0.2) is 11.9 Å². The van der Waals surface area contributed by atoms with Crippen LogP contribution in [0, 0.1) is 6.92 Å². The molecule has 1 heterocycles. The Kier molecular flexibility index (Phi) is 2.77. The number of benzene rings is 1. The van der Waals surface area contributed by atoms with E-state index in [1.54, 1.807) is 19.1 Å². The molecule has 1 unspecified atom stereocenters. The smallest absolute Gasteiger partial charge is 0.337 e. The van der Waals surface area contributed by atoms with Crippen LogP contribution in [0.25, 0.3) is 0 Å². The van der Waals surface area contributed by atoms with E-state index in [-0.39, 0.29) is 5.57 Å². The Bertz CT molecular complexity index is 446. The van der Waals surface area contributed by atoms with Crippen molar-refractivity contribution in [2.24, 2.45) is 0 Å². The standard InChI is InChI=1S/C13H13FO2/c1-3-10-11(14)12(16-13(10)15)9-6-4-8(2)5-7-9/h4-7,12H,3H2,1-2H3. The molecule has 0 N–H and O–H groups in total. The summed E-state index contributed by atoms with van der Waals surface area (Å²) in [7, 11) is 0. The lowest BCUT2D eigenvalue weighted by Crippen LogP contribution is -2.02. The molecule has 0 saturated carbocycles. The molecule has 0 radical (unpaired) electrons. The molecule has 0 aliphatic carbocycles. The van der Waals surface area contributed by atoms with Gasteiger partial charge in [0.1, 0.15) is 0 Å². The molecule has 1 aromatic carbocycles. The summed E-state index contributed by atoms with van der Waals surface area (Å²) in [5.74, 6) is -0.984. The Morgan fingerprint density at radius 1 is 1.31 bits per heavy atom. The molecule has 0 aromatic heterocycles. The van der Waals surface area contributed by atoms with Crippen molar-refractivity contribution < 1.29 is 13.9 Å². The van der Waals surface area contributed by atoms with Crippen molar-refractivity contribution in [1.82, 2.24) is 0 Å². The number of ether oxygens (including phenoxy) is 1.